The average Bonchev–Trinajstić information content (AvgIpc) is 3.07. The quantitative estimate of drug-likeness (QED) is 0.541. The van der Waals surface area contributed by atoms with E-state index in [1.807, 2.05) is 49.4 Å². The van der Waals surface area contributed by atoms with Gasteiger partial charge in [0.1, 0.15) is 11.5 Å². The summed E-state index contributed by atoms with van der Waals surface area (Å²) in [5.74, 6) is 0.947. The second-order valence-electron chi connectivity index (χ2n) is 7.39. The van der Waals surface area contributed by atoms with Crippen LogP contribution in [-0.2, 0) is 24.3 Å². The topological polar surface area (TPSA) is 72.5 Å². The molecule has 1 aliphatic rings. The molecule has 0 bridgehead atoms. The first-order chi connectivity index (χ1) is 14.1. The normalized spacial score (nSPS) is 13.8. The van der Waals surface area contributed by atoms with Crippen molar-refractivity contribution in [2.24, 2.45) is 0 Å². The van der Waals surface area contributed by atoms with Crippen molar-refractivity contribution in [2.45, 2.75) is 32.9 Å². The van der Waals surface area contributed by atoms with E-state index in [9.17, 15) is 9.59 Å². The molecule has 146 valence electrons. The van der Waals surface area contributed by atoms with Crippen LogP contribution in [0.3, 0.4) is 0 Å². The molecule has 1 aliphatic heterocycles. The Hall–Kier alpha value is -3.48. The van der Waals surface area contributed by atoms with Crippen LogP contribution in [0.4, 0.5) is 0 Å². The minimum atomic E-state index is -0.0838. The highest BCUT2D eigenvalue weighted by Gasteiger charge is 2.25. The lowest BCUT2D eigenvalue weighted by atomic mass is 10.1. The molecule has 7 nitrogen and oxygen atoms in total. The van der Waals surface area contributed by atoms with Gasteiger partial charge in [-0.25, -0.2) is 9.97 Å². The van der Waals surface area contributed by atoms with Gasteiger partial charge in [-0.15, -0.1) is 0 Å². The number of carbonyl (C=O) groups is 1. The van der Waals surface area contributed by atoms with Gasteiger partial charge < -0.3 is 9.47 Å². The number of benzene rings is 1. The minimum Gasteiger partial charge on any atom is -0.338 e. The third-order valence-corrected chi connectivity index (χ3v) is 5.63. The van der Waals surface area contributed by atoms with Crippen molar-refractivity contribution >= 4 is 22.6 Å². The molecule has 0 radical (unpaired) electrons. The van der Waals surface area contributed by atoms with Gasteiger partial charge in [0.25, 0.3) is 5.56 Å². The number of fused-ring (bicyclic) bond motifs is 3. The van der Waals surface area contributed by atoms with Gasteiger partial charge >= 0.3 is 0 Å². The number of rotatable bonds is 3. The Balaban J connectivity index is 1.36. The zero-order valence-corrected chi connectivity index (χ0v) is 16.2. The number of carbonyl (C=O) groups excluding carboxylic acids is 1. The number of imidazole rings is 1. The minimum absolute atomic E-state index is 0.0467. The monoisotopic (exact) mass is 387 g/mol. The maximum absolute atomic E-state index is 12.9. The summed E-state index contributed by atoms with van der Waals surface area (Å²) in [6.07, 6.45) is 2.70. The lowest BCUT2D eigenvalue weighted by Crippen LogP contribution is -2.40. The number of para-hydroxylation sites is 2. The van der Waals surface area contributed by atoms with Crippen molar-refractivity contribution in [1.82, 2.24) is 23.8 Å². The van der Waals surface area contributed by atoms with Gasteiger partial charge in [0.05, 0.1) is 28.8 Å². The number of aromatic nitrogens is 4. The maximum atomic E-state index is 12.9. The van der Waals surface area contributed by atoms with E-state index >= 15 is 0 Å². The van der Waals surface area contributed by atoms with Crippen molar-refractivity contribution in [2.75, 3.05) is 6.54 Å². The Labute approximate surface area is 167 Å². The van der Waals surface area contributed by atoms with Crippen LogP contribution in [0.15, 0.2) is 53.5 Å². The second kappa shape index (κ2) is 6.84. The zero-order chi connectivity index (χ0) is 20.0. The summed E-state index contributed by atoms with van der Waals surface area (Å²) in [6.45, 7) is 3.44. The van der Waals surface area contributed by atoms with Gasteiger partial charge in [0, 0.05) is 32.1 Å². The van der Waals surface area contributed by atoms with E-state index < -0.39 is 0 Å². The molecular formula is C22H21N5O2. The number of hydrogen-bond acceptors (Lipinski definition) is 4. The first-order valence-electron chi connectivity index (χ1n) is 9.80. The second-order valence-corrected chi connectivity index (χ2v) is 7.39. The number of hydrogen-bond donors (Lipinski definition) is 0. The van der Waals surface area contributed by atoms with Crippen LogP contribution >= 0.6 is 0 Å². The molecular weight excluding hydrogens is 366 g/mol. The molecule has 0 aliphatic carbocycles. The SMILES string of the molecule is Cc1nc2ccccc2n1CCC(=O)N1CCc2nc3ccccn3c(=O)c2C1. The fourth-order valence-corrected chi connectivity index (χ4v) is 4.10. The van der Waals surface area contributed by atoms with Crippen molar-refractivity contribution in [1.29, 1.82) is 0 Å². The smallest absolute Gasteiger partial charge is 0.263 e. The van der Waals surface area contributed by atoms with E-state index in [4.69, 9.17) is 0 Å². The van der Waals surface area contributed by atoms with E-state index in [-0.39, 0.29) is 11.5 Å². The highest BCUT2D eigenvalue weighted by Crippen LogP contribution is 2.18. The van der Waals surface area contributed by atoms with Gasteiger partial charge in [-0.3, -0.25) is 14.0 Å². The van der Waals surface area contributed by atoms with Crippen LogP contribution in [0.2, 0.25) is 0 Å². The Morgan fingerprint density at radius 1 is 1.10 bits per heavy atom. The van der Waals surface area contributed by atoms with Gasteiger partial charge in [0.15, 0.2) is 0 Å². The van der Waals surface area contributed by atoms with Crippen molar-refractivity contribution in [3.8, 4) is 0 Å². The van der Waals surface area contributed by atoms with E-state index in [0.717, 1.165) is 22.6 Å². The Kier molecular flexibility index (Phi) is 4.16. The van der Waals surface area contributed by atoms with Crippen LogP contribution in [0.1, 0.15) is 23.5 Å². The summed E-state index contributed by atoms with van der Waals surface area (Å²) in [6, 6.07) is 13.5. The molecule has 7 heteroatoms. The molecule has 3 aromatic heterocycles. The highest BCUT2D eigenvalue weighted by atomic mass is 16.2. The van der Waals surface area contributed by atoms with Crippen molar-refractivity contribution in [3.05, 3.63) is 76.1 Å². The average molecular weight is 387 g/mol. The van der Waals surface area contributed by atoms with Crippen LogP contribution in [0.5, 0.6) is 0 Å². The third-order valence-electron chi connectivity index (χ3n) is 5.63. The molecule has 0 unspecified atom stereocenters. The molecule has 4 heterocycles. The van der Waals surface area contributed by atoms with E-state index in [0.29, 0.717) is 43.7 Å². The van der Waals surface area contributed by atoms with Crippen molar-refractivity contribution < 1.29 is 4.79 Å². The standard InChI is InChI=1S/C22H21N5O2/c1-15-23-18-6-2-3-7-19(18)26(15)13-10-21(28)25-12-9-17-16(14-25)22(29)27-11-5-4-8-20(27)24-17/h2-8,11H,9-10,12-14H2,1H3. The molecule has 4 aromatic rings. The molecule has 0 spiro atoms. The molecule has 0 atom stereocenters. The highest BCUT2D eigenvalue weighted by molar-refractivity contribution is 5.78. The largest absolute Gasteiger partial charge is 0.338 e. The summed E-state index contributed by atoms with van der Waals surface area (Å²) in [5, 5.41) is 0. The molecule has 5 rings (SSSR count). The maximum Gasteiger partial charge on any atom is 0.263 e. The molecule has 0 fully saturated rings. The Bertz CT molecular complexity index is 1300. The predicted molar refractivity (Wildman–Crippen MR) is 110 cm³/mol. The fraction of sp³-hybridized carbons (Fsp3) is 0.273. The number of pyridine rings is 1. The molecule has 1 amide bonds. The van der Waals surface area contributed by atoms with E-state index in [1.165, 1.54) is 0 Å². The van der Waals surface area contributed by atoms with Crippen molar-refractivity contribution in [3.63, 3.8) is 0 Å². The molecule has 0 saturated carbocycles. The third kappa shape index (κ3) is 2.99. The Morgan fingerprint density at radius 3 is 2.83 bits per heavy atom. The van der Waals surface area contributed by atoms with E-state index in [2.05, 4.69) is 14.5 Å². The Morgan fingerprint density at radius 2 is 1.93 bits per heavy atom. The number of nitrogens with zero attached hydrogens (tertiary/aromatic N) is 5. The lowest BCUT2D eigenvalue weighted by molar-refractivity contribution is -0.132. The predicted octanol–water partition coefficient (Wildman–Crippen LogP) is 2.33. The van der Waals surface area contributed by atoms with Gasteiger partial charge in [-0.05, 0) is 31.2 Å². The molecule has 0 saturated heterocycles. The lowest BCUT2D eigenvalue weighted by Gasteiger charge is -2.28. The van der Waals surface area contributed by atoms with Gasteiger partial charge in [-0.2, -0.15) is 0 Å². The summed E-state index contributed by atoms with van der Waals surface area (Å²) in [4.78, 5) is 36.7. The summed E-state index contributed by atoms with van der Waals surface area (Å²) in [7, 11) is 0. The van der Waals surface area contributed by atoms with Gasteiger partial charge in [0.2, 0.25) is 5.91 Å². The van der Waals surface area contributed by atoms with Crippen LogP contribution in [0.25, 0.3) is 16.7 Å². The molecule has 1 aromatic carbocycles. The van der Waals surface area contributed by atoms with Crippen LogP contribution < -0.4 is 5.56 Å². The van der Waals surface area contributed by atoms with Crippen LogP contribution in [-0.4, -0.2) is 36.3 Å². The fourth-order valence-electron chi connectivity index (χ4n) is 4.10. The van der Waals surface area contributed by atoms with Gasteiger partial charge in [-0.1, -0.05) is 18.2 Å². The first-order valence-corrected chi connectivity index (χ1v) is 9.80. The summed E-state index contributed by atoms with van der Waals surface area (Å²) < 4.78 is 3.63. The first kappa shape index (κ1) is 17.6. The summed E-state index contributed by atoms with van der Waals surface area (Å²) in [5.41, 5.74) is 3.98. The molecule has 0 N–H and O–H groups in total. The number of amides is 1. The summed E-state index contributed by atoms with van der Waals surface area (Å²) >= 11 is 0. The molecule has 29 heavy (non-hydrogen) atoms. The zero-order valence-electron chi connectivity index (χ0n) is 16.2. The van der Waals surface area contributed by atoms with Crippen LogP contribution in [0, 0.1) is 6.92 Å². The number of aryl methyl sites for hydroxylation is 2. The van der Waals surface area contributed by atoms with E-state index in [1.54, 1.807) is 15.5 Å².